The van der Waals surface area contributed by atoms with Gasteiger partial charge in [0.25, 0.3) is 0 Å². The lowest BCUT2D eigenvalue weighted by Crippen LogP contribution is -2.29. The molecular formula is C23H27Cl2FN4O3. The van der Waals surface area contributed by atoms with Gasteiger partial charge in [0.1, 0.15) is 5.78 Å². The molecule has 0 saturated carbocycles. The maximum atomic E-state index is 14.6. The van der Waals surface area contributed by atoms with Gasteiger partial charge < -0.3 is 20.1 Å². The van der Waals surface area contributed by atoms with Crippen molar-refractivity contribution in [1.29, 1.82) is 0 Å². The van der Waals surface area contributed by atoms with Crippen LogP contribution in [0.15, 0.2) is 18.3 Å². The minimum atomic E-state index is -0.532. The fourth-order valence-corrected chi connectivity index (χ4v) is 4.70. The van der Waals surface area contributed by atoms with E-state index >= 15 is 0 Å². The largest absolute Gasteiger partial charge is 0.381 e. The van der Waals surface area contributed by atoms with Gasteiger partial charge in [0, 0.05) is 63.8 Å². The molecule has 178 valence electrons. The Bertz CT molecular complexity index is 1000. The first-order valence-electron chi connectivity index (χ1n) is 11.0. The number of aromatic nitrogens is 2. The van der Waals surface area contributed by atoms with E-state index in [0.717, 1.165) is 12.8 Å². The van der Waals surface area contributed by atoms with Gasteiger partial charge in [0.15, 0.2) is 11.6 Å². The number of rotatable bonds is 8. The lowest BCUT2D eigenvalue weighted by molar-refractivity contribution is -0.124. The second-order valence-electron chi connectivity index (χ2n) is 8.42. The lowest BCUT2D eigenvalue weighted by atomic mass is 9.96. The summed E-state index contributed by atoms with van der Waals surface area (Å²) < 4.78 is 25.3. The molecule has 4 rings (SSSR count). The molecule has 0 unspecified atom stereocenters. The van der Waals surface area contributed by atoms with Crippen molar-refractivity contribution in [3.8, 4) is 11.3 Å². The van der Waals surface area contributed by atoms with Crippen LogP contribution in [0.1, 0.15) is 18.5 Å². The molecule has 0 amide bonds. The van der Waals surface area contributed by atoms with E-state index in [4.69, 9.17) is 32.7 Å². The number of ether oxygens (including phenoxy) is 2. The minimum absolute atomic E-state index is 0.0320. The van der Waals surface area contributed by atoms with E-state index in [1.165, 1.54) is 12.3 Å². The number of ketones is 1. The number of hydrogen-bond donors (Lipinski definition) is 2. The molecule has 0 radical (unpaired) electrons. The van der Waals surface area contributed by atoms with Crippen LogP contribution in [0.3, 0.4) is 0 Å². The van der Waals surface area contributed by atoms with E-state index in [1.54, 1.807) is 13.2 Å². The Hall–Kier alpha value is -1.84. The molecule has 2 aliphatic heterocycles. The van der Waals surface area contributed by atoms with Gasteiger partial charge in [0.2, 0.25) is 0 Å². The molecule has 10 heteroatoms. The first kappa shape index (κ1) is 24.3. The van der Waals surface area contributed by atoms with E-state index in [1.807, 2.05) is 0 Å². The van der Waals surface area contributed by atoms with Crippen molar-refractivity contribution in [1.82, 2.24) is 15.3 Å². The number of Topliss-reactive ketones (excluding diaryl/α,β-unsaturated/α-hetero) is 1. The van der Waals surface area contributed by atoms with Crippen LogP contribution < -0.4 is 10.6 Å². The van der Waals surface area contributed by atoms with Crippen LogP contribution in [0.2, 0.25) is 10.0 Å². The van der Waals surface area contributed by atoms with Gasteiger partial charge in [-0.3, -0.25) is 9.78 Å². The van der Waals surface area contributed by atoms with Crippen molar-refractivity contribution in [2.45, 2.75) is 25.4 Å². The standard InChI is InChI=1S/C23H27Cl2FN4O3/c1-32-21-12-27-10-16(21)20(31)7-14-6-15(18(25)11-28-14)22-17(24)8-19(26)23(30-22)29-9-13-2-4-33-5-3-13/h6,8,11,13,16,21,27H,2-5,7,9-10,12H2,1H3,(H,29,30)/t16-,21+/m1/s1. The molecule has 0 aromatic carbocycles. The van der Waals surface area contributed by atoms with Crippen LogP contribution in [0.25, 0.3) is 11.3 Å². The van der Waals surface area contributed by atoms with Crippen molar-refractivity contribution in [2.24, 2.45) is 11.8 Å². The first-order chi connectivity index (χ1) is 16.0. The summed E-state index contributed by atoms with van der Waals surface area (Å²) in [6.07, 6.45) is 3.29. The highest BCUT2D eigenvalue weighted by Gasteiger charge is 2.33. The SMILES string of the molecule is CO[C@H]1CNC[C@@H]1C(=O)Cc1cc(-c2nc(NCC3CCOCC3)c(F)cc2Cl)c(Cl)cn1. The zero-order valence-corrected chi connectivity index (χ0v) is 19.9. The molecule has 2 saturated heterocycles. The van der Waals surface area contributed by atoms with Gasteiger partial charge in [-0.15, -0.1) is 0 Å². The molecule has 0 bridgehead atoms. The van der Waals surface area contributed by atoms with Crippen LogP contribution >= 0.6 is 23.2 Å². The Kier molecular flexibility index (Phi) is 8.14. The zero-order chi connectivity index (χ0) is 23.4. The summed E-state index contributed by atoms with van der Waals surface area (Å²) in [6.45, 7) is 3.24. The van der Waals surface area contributed by atoms with Crippen molar-refractivity contribution in [3.63, 3.8) is 0 Å². The molecule has 0 spiro atoms. The number of carbonyl (C=O) groups excluding carboxylic acids is 1. The molecule has 2 N–H and O–H groups in total. The van der Waals surface area contributed by atoms with Gasteiger partial charge in [-0.1, -0.05) is 23.2 Å². The third kappa shape index (κ3) is 5.81. The molecule has 2 aliphatic rings. The van der Waals surface area contributed by atoms with E-state index in [2.05, 4.69) is 20.6 Å². The quantitative estimate of drug-likeness (QED) is 0.575. The van der Waals surface area contributed by atoms with Crippen molar-refractivity contribution in [3.05, 3.63) is 39.9 Å². The normalized spacial score (nSPS) is 21.3. The number of carbonyl (C=O) groups is 1. The number of anilines is 1. The van der Waals surface area contributed by atoms with Gasteiger partial charge in [0.05, 0.1) is 27.8 Å². The molecule has 2 fully saturated rings. The highest BCUT2D eigenvalue weighted by molar-refractivity contribution is 6.36. The van der Waals surface area contributed by atoms with Crippen molar-refractivity contribution >= 4 is 34.8 Å². The Balaban J connectivity index is 1.54. The maximum Gasteiger partial charge on any atom is 0.166 e. The number of halogens is 3. The molecule has 0 aliphatic carbocycles. The van der Waals surface area contributed by atoms with Gasteiger partial charge in [-0.05, 0) is 30.9 Å². The molecule has 2 aromatic heterocycles. The number of nitrogens with zero attached hydrogens (tertiary/aromatic N) is 2. The van der Waals surface area contributed by atoms with Crippen molar-refractivity contribution in [2.75, 3.05) is 45.3 Å². The number of nitrogens with one attached hydrogen (secondary N) is 2. The first-order valence-corrected chi connectivity index (χ1v) is 11.8. The smallest absolute Gasteiger partial charge is 0.166 e. The minimum Gasteiger partial charge on any atom is -0.381 e. The summed E-state index contributed by atoms with van der Waals surface area (Å²) in [6, 6.07) is 2.92. The monoisotopic (exact) mass is 496 g/mol. The zero-order valence-electron chi connectivity index (χ0n) is 18.4. The van der Waals surface area contributed by atoms with Crippen LogP contribution in [-0.4, -0.2) is 61.8 Å². The van der Waals surface area contributed by atoms with E-state index in [-0.39, 0.29) is 35.1 Å². The topological polar surface area (TPSA) is 85.4 Å². The second kappa shape index (κ2) is 11.1. The summed E-state index contributed by atoms with van der Waals surface area (Å²) in [5.74, 6) is -0.224. The fourth-order valence-electron chi connectivity index (χ4n) is 4.26. The van der Waals surface area contributed by atoms with E-state index in [9.17, 15) is 9.18 Å². The number of hydrogen-bond acceptors (Lipinski definition) is 7. The van der Waals surface area contributed by atoms with Gasteiger partial charge >= 0.3 is 0 Å². The molecular weight excluding hydrogens is 470 g/mol. The molecule has 4 heterocycles. The average molecular weight is 497 g/mol. The Morgan fingerprint density at radius 3 is 2.82 bits per heavy atom. The van der Waals surface area contributed by atoms with Gasteiger partial charge in [-0.25, -0.2) is 9.37 Å². The van der Waals surface area contributed by atoms with Crippen LogP contribution in [0.5, 0.6) is 0 Å². The summed E-state index contributed by atoms with van der Waals surface area (Å²) in [4.78, 5) is 21.6. The molecule has 7 nitrogen and oxygen atoms in total. The fraction of sp³-hybridized carbons (Fsp3) is 0.522. The Morgan fingerprint density at radius 2 is 2.06 bits per heavy atom. The van der Waals surface area contributed by atoms with Crippen LogP contribution in [-0.2, 0) is 20.7 Å². The van der Waals surface area contributed by atoms with E-state index < -0.39 is 5.82 Å². The number of methoxy groups -OCH3 is 1. The van der Waals surface area contributed by atoms with Crippen LogP contribution in [0.4, 0.5) is 10.2 Å². The van der Waals surface area contributed by atoms with Gasteiger partial charge in [-0.2, -0.15) is 0 Å². The molecule has 2 aromatic rings. The summed E-state index contributed by atoms with van der Waals surface area (Å²) in [7, 11) is 1.60. The molecule has 33 heavy (non-hydrogen) atoms. The van der Waals surface area contributed by atoms with Crippen LogP contribution in [0, 0.1) is 17.7 Å². The predicted octanol–water partition coefficient (Wildman–Crippen LogP) is 3.77. The third-order valence-corrected chi connectivity index (χ3v) is 6.82. The Labute approximate surface area is 202 Å². The number of pyridine rings is 2. The van der Waals surface area contributed by atoms with Crippen molar-refractivity contribution < 1.29 is 18.7 Å². The summed E-state index contributed by atoms with van der Waals surface area (Å²) in [5.41, 5.74) is 1.38. The summed E-state index contributed by atoms with van der Waals surface area (Å²) >= 11 is 12.7. The summed E-state index contributed by atoms with van der Waals surface area (Å²) in [5, 5.41) is 6.73. The van der Waals surface area contributed by atoms with E-state index in [0.29, 0.717) is 60.7 Å². The molecule has 2 atom stereocenters. The predicted molar refractivity (Wildman–Crippen MR) is 125 cm³/mol. The highest BCUT2D eigenvalue weighted by Crippen LogP contribution is 2.34. The Morgan fingerprint density at radius 1 is 1.27 bits per heavy atom. The second-order valence-corrected chi connectivity index (χ2v) is 9.24. The maximum absolute atomic E-state index is 14.6. The lowest BCUT2D eigenvalue weighted by Gasteiger charge is -2.22. The average Bonchev–Trinajstić information content (AvgIpc) is 3.30. The third-order valence-electron chi connectivity index (χ3n) is 6.23. The highest BCUT2D eigenvalue weighted by atomic mass is 35.5.